The number of carbonyl (C=O) groups excluding carboxylic acids is 2. The van der Waals surface area contributed by atoms with E-state index in [1.807, 2.05) is 0 Å². The van der Waals surface area contributed by atoms with Gasteiger partial charge in [-0.2, -0.15) is 0 Å². The summed E-state index contributed by atoms with van der Waals surface area (Å²) in [6.07, 6.45) is 0.122. The monoisotopic (exact) mass is 372 g/mol. The fourth-order valence-electron chi connectivity index (χ4n) is 3.35. The standard InChI is InChI=1S/C15H15BrF2N2O2/c1-13(2)7-8-4-5-9(16)6-10(8)14(15(13,17)18)11(21)20(3)12(22)19-14/h4-6H,7H2,1-3H3,(H,19,22). The summed E-state index contributed by atoms with van der Waals surface area (Å²) >= 11 is 3.25. The third kappa shape index (κ3) is 1.60. The third-order valence-electron chi connectivity index (χ3n) is 4.65. The smallest absolute Gasteiger partial charge is 0.314 e. The molecule has 3 rings (SSSR count). The lowest BCUT2D eigenvalue weighted by Crippen LogP contribution is -2.66. The van der Waals surface area contributed by atoms with Crippen LogP contribution in [0.1, 0.15) is 25.0 Å². The molecule has 4 nitrogen and oxygen atoms in total. The molecule has 1 atom stereocenters. The first-order valence-corrected chi connectivity index (χ1v) is 7.61. The number of rotatable bonds is 0. The van der Waals surface area contributed by atoms with Crippen LogP contribution in [0.25, 0.3) is 0 Å². The van der Waals surface area contributed by atoms with Gasteiger partial charge in [-0.15, -0.1) is 0 Å². The Labute approximate surface area is 135 Å². The molecule has 22 heavy (non-hydrogen) atoms. The second-order valence-corrected chi connectivity index (χ2v) is 7.40. The number of nitrogens with one attached hydrogen (secondary N) is 1. The van der Waals surface area contributed by atoms with Crippen LogP contribution in [0.15, 0.2) is 22.7 Å². The van der Waals surface area contributed by atoms with Crippen LogP contribution >= 0.6 is 15.9 Å². The Morgan fingerprint density at radius 1 is 1.27 bits per heavy atom. The van der Waals surface area contributed by atoms with Crippen LogP contribution < -0.4 is 5.32 Å². The molecular formula is C15H15BrF2N2O2. The van der Waals surface area contributed by atoms with E-state index < -0.39 is 28.8 Å². The summed E-state index contributed by atoms with van der Waals surface area (Å²) in [4.78, 5) is 25.2. The fourth-order valence-corrected chi connectivity index (χ4v) is 3.71. The van der Waals surface area contributed by atoms with Crippen LogP contribution in [0, 0.1) is 5.41 Å². The molecule has 118 valence electrons. The van der Waals surface area contributed by atoms with Crippen molar-refractivity contribution in [1.29, 1.82) is 0 Å². The van der Waals surface area contributed by atoms with Crippen molar-refractivity contribution in [3.05, 3.63) is 33.8 Å². The largest absolute Gasteiger partial charge is 0.325 e. The highest BCUT2D eigenvalue weighted by Crippen LogP contribution is 2.57. The van der Waals surface area contributed by atoms with Gasteiger partial charge < -0.3 is 5.32 Å². The number of nitrogens with zero attached hydrogens (tertiary/aromatic N) is 1. The van der Waals surface area contributed by atoms with Gasteiger partial charge in [0.1, 0.15) is 0 Å². The number of imide groups is 1. The normalized spacial score (nSPS) is 28.7. The molecular weight excluding hydrogens is 358 g/mol. The number of alkyl halides is 2. The van der Waals surface area contributed by atoms with E-state index in [4.69, 9.17) is 0 Å². The van der Waals surface area contributed by atoms with E-state index in [1.165, 1.54) is 27.0 Å². The molecule has 1 spiro atoms. The summed E-state index contributed by atoms with van der Waals surface area (Å²) in [5.41, 5.74) is -3.02. The van der Waals surface area contributed by atoms with E-state index in [2.05, 4.69) is 21.2 Å². The van der Waals surface area contributed by atoms with Crippen molar-refractivity contribution in [3.8, 4) is 0 Å². The van der Waals surface area contributed by atoms with Crippen LogP contribution in [-0.4, -0.2) is 29.8 Å². The van der Waals surface area contributed by atoms with Crippen molar-refractivity contribution < 1.29 is 18.4 Å². The molecule has 1 heterocycles. The van der Waals surface area contributed by atoms with Gasteiger partial charge >= 0.3 is 6.03 Å². The number of fused-ring (bicyclic) bond motifs is 2. The van der Waals surface area contributed by atoms with Gasteiger partial charge in [0.2, 0.25) is 5.54 Å². The van der Waals surface area contributed by atoms with Crippen molar-refractivity contribution in [3.63, 3.8) is 0 Å². The first-order valence-electron chi connectivity index (χ1n) is 6.81. The van der Waals surface area contributed by atoms with Gasteiger partial charge in [-0.3, -0.25) is 9.69 Å². The minimum absolute atomic E-state index is 0.122. The van der Waals surface area contributed by atoms with Gasteiger partial charge in [-0.05, 0) is 29.7 Å². The molecule has 1 saturated heterocycles. The highest BCUT2D eigenvalue weighted by Gasteiger charge is 2.73. The maximum Gasteiger partial charge on any atom is 0.325 e. The van der Waals surface area contributed by atoms with E-state index in [0.717, 1.165) is 4.90 Å². The van der Waals surface area contributed by atoms with E-state index in [-0.39, 0.29) is 12.0 Å². The average Bonchev–Trinajstić information content (AvgIpc) is 2.64. The molecule has 0 radical (unpaired) electrons. The molecule has 1 aliphatic carbocycles. The molecule has 1 N–H and O–H groups in total. The summed E-state index contributed by atoms with van der Waals surface area (Å²) in [7, 11) is 1.21. The van der Waals surface area contributed by atoms with Crippen molar-refractivity contribution in [2.75, 3.05) is 7.05 Å². The lowest BCUT2D eigenvalue weighted by Gasteiger charge is -2.49. The van der Waals surface area contributed by atoms with Crippen LogP contribution in [0.2, 0.25) is 0 Å². The Morgan fingerprint density at radius 3 is 2.45 bits per heavy atom. The van der Waals surface area contributed by atoms with Gasteiger partial charge in [-0.25, -0.2) is 13.6 Å². The van der Waals surface area contributed by atoms with Crippen molar-refractivity contribution in [2.45, 2.75) is 31.7 Å². The van der Waals surface area contributed by atoms with Crippen LogP contribution in [0.4, 0.5) is 13.6 Å². The van der Waals surface area contributed by atoms with Crippen LogP contribution in [0.3, 0.4) is 0 Å². The number of hydrogen-bond acceptors (Lipinski definition) is 2. The lowest BCUT2D eigenvalue weighted by molar-refractivity contribution is -0.186. The Balaban J connectivity index is 2.38. The predicted molar refractivity (Wildman–Crippen MR) is 79.6 cm³/mol. The minimum atomic E-state index is -3.43. The number of likely N-dealkylation sites (N-methyl/N-ethyl adjacent to an activating group) is 1. The van der Waals surface area contributed by atoms with Crippen molar-refractivity contribution in [1.82, 2.24) is 10.2 Å². The first-order chi connectivity index (χ1) is 10.0. The zero-order chi connectivity index (χ0) is 16.5. The molecule has 2 aliphatic rings. The maximum atomic E-state index is 15.3. The van der Waals surface area contributed by atoms with Gasteiger partial charge in [-0.1, -0.05) is 35.8 Å². The summed E-state index contributed by atoms with van der Waals surface area (Å²) in [6, 6.07) is 4.15. The van der Waals surface area contributed by atoms with Gasteiger partial charge in [0.25, 0.3) is 11.8 Å². The number of halogens is 3. The van der Waals surface area contributed by atoms with Gasteiger partial charge in [0, 0.05) is 16.9 Å². The highest BCUT2D eigenvalue weighted by atomic mass is 79.9. The second-order valence-electron chi connectivity index (χ2n) is 6.48. The topological polar surface area (TPSA) is 49.4 Å². The summed E-state index contributed by atoms with van der Waals surface area (Å²) < 4.78 is 31.1. The predicted octanol–water partition coefficient (Wildman–Crippen LogP) is 3.04. The zero-order valence-corrected chi connectivity index (χ0v) is 13.9. The van der Waals surface area contributed by atoms with Crippen molar-refractivity contribution >= 4 is 27.9 Å². The first kappa shape index (κ1) is 15.4. The van der Waals surface area contributed by atoms with E-state index in [9.17, 15) is 9.59 Å². The molecule has 1 unspecified atom stereocenters. The Hall–Kier alpha value is -1.50. The summed E-state index contributed by atoms with van der Waals surface area (Å²) in [5.74, 6) is -4.35. The van der Waals surface area contributed by atoms with Crippen molar-refractivity contribution in [2.24, 2.45) is 5.41 Å². The highest BCUT2D eigenvalue weighted by molar-refractivity contribution is 9.10. The number of benzene rings is 1. The van der Waals surface area contributed by atoms with Crippen LogP contribution in [0.5, 0.6) is 0 Å². The van der Waals surface area contributed by atoms with E-state index in [0.29, 0.717) is 10.0 Å². The molecule has 3 amide bonds. The maximum absolute atomic E-state index is 15.3. The molecule has 1 aliphatic heterocycles. The fraction of sp³-hybridized carbons (Fsp3) is 0.467. The quantitative estimate of drug-likeness (QED) is 0.711. The van der Waals surface area contributed by atoms with E-state index >= 15 is 8.78 Å². The summed E-state index contributed by atoms with van der Waals surface area (Å²) in [6.45, 7) is 2.83. The van der Waals surface area contributed by atoms with Crippen LogP contribution in [-0.2, 0) is 16.8 Å². The summed E-state index contributed by atoms with van der Waals surface area (Å²) in [5, 5.41) is 2.26. The number of amides is 3. The van der Waals surface area contributed by atoms with E-state index in [1.54, 1.807) is 12.1 Å². The average molecular weight is 373 g/mol. The molecule has 0 saturated carbocycles. The lowest BCUT2D eigenvalue weighted by atomic mass is 9.62. The second kappa shape index (κ2) is 4.28. The Bertz CT molecular complexity index is 705. The molecule has 1 aromatic rings. The SMILES string of the molecule is CN1C(=O)NC2(C1=O)c1cc(Br)ccc1CC(C)(C)C2(F)F. The zero-order valence-electron chi connectivity index (χ0n) is 12.3. The third-order valence-corrected chi connectivity index (χ3v) is 5.15. The Kier molecular flexibility index (Phi) is 2.99. The number of urea groups is 1. The van der Waals surface area contributed by atoms with Gasteiger partial charge in [0.05, 0.1) is 0 Å². The van der Waals surface area contributed by atoms with Gasteiger partial charge in [0.15, 0.2) is 0 Å². The number of carbonyl (C=O) groups is 2. The molecule has 1 aromatic carbocycles. The number of hydrogen-bond donors (Lipinski definition) is 1. The molecule has 0 bridgehead atoms. The molecule has 1 fully saturated rings. The molecule has 0 aromatic heterocycles. The Morgan fingerprint density at radius 2 is 1.91 bits per heavy atom. The molecule has 7 heteroatoms. The minimum Gasteiger partial charge on any atom is -0.314 e.